The summed E-state index contributed by atoms with van der Waals surface area (Å²) in [4.78, 5) is 35.9. The lowest BCUT2D eigenvalue weighted by atomic mass is 9.98. The van der Waals surface area contributed by atoms with Gasteiger partial charge in [-0.25, -0.2) is 4.79 Å². The summed E-state index contributed by atoms with van der Waals surface area (Å²) >= 11 is 0. The fraction of sp³-hybridized carbons (Fsp3) is 0.444. The summed E-state index contributed by atoms with van der Waals surface area (Å²) in [5.41, 5.74) is 4.65. The van der Waals surface area contributed by atoms with E-state index < -0.39 is 12.1 Å². The molecule has 1 unspecified atom stereocenters. The van der Waals surface area contributed by atoms with Crippen molar-refractivity contribution in [1.82, 2.24) is 10.6 Å². The van der Waals surface area contributed by atoms with Crippen LogP contribution in [0.2, 0.25) is 0 Å². The number of carboxylic acid groups (broad SMARTS) is 1. The van der Waals surface area contributed by atoms with Crippen LogP contribution in [0.5, 0.6) is 0 Å². The van der Waals surface area contributed by atoms with Crippen LogP contribution in [-0.4, -0.2) is 41.8 Å². The van der Waals surface area contributed by atoms with Crippen LogP contribution in [0, 0.1) is 5.92 Å². The van der Waals surface area contributed by atoms with Gasteiger partial charge in [-0.2, -0.15) is 0 Å². The number of carbonyl (C=O) groups excluding carboxylic acids is 2. The van der Waals surface area contributed by atoms with Crippen molar-refractivity contribution >= 4 is 18.0 Å². The van der Waals surface area contributed by atoms with Crippen LogP contribution in [-0.2, 0) is 14.3 Å². The van der Waals surface area contributed by atoms with E-state index in [1.807, 2.05) is 31.2 Å². The average Bonchev–Trinajstić information content (AvgIpc) is 3.38. The van der Waals surface area contributed by atoms with E-state index in [1.165, 1.54) is 11.1 Å². The topological polar surface area (TPSA) is 105 Å². The number of aliphatic carboxylic acids is 1. The number of hydrogen-bond donors (Lipinski definition) is 3. The molecule has 2 aliphatic rings. The predicted molar refractivity (Wildman–Crippen MR) is 128 cm³/mol. The zero-order chi connectivity index (χ0) is 24.1. The van der Waals surface area contributed by atoms with Crippen molar-refractivity contribution in [2.24, 2.45) is 5.92 Å². The van der Waals surface area contributed by atoms with Gasteiger partial charge in [0.1, 0.15) is 6.61 Å². The number of benzene rings is 2. The van der Waals surface area contributed by atoms with Gasteiger partial charge in [-0.3, -0.25) is 9.59 Å². The molecule has 0 aliphatic heterocycles. The van der Waals surface area contributed by atoms with Crippen molar-refractivity contribution in [2.45, 2.75) is 63.5 Å². The molecule has 2 aromatic carbocycles. The minimum absolute atomic E-state index is 0.00353. The van der Waals surface area contributed by atoms with E-state index in [1.54, 1.807) is 0 Å². The Hall–Kier alpha value is -3.35. The lowest BCUT2D eigenvalue weighted by Gasteiger charge is -2.20. The highest BCUT2D eigenvalue weighted by Gasteiger charge is 2.30. The number of carbonyl (C=O) groups is 3. The lowest BCUT2D eigenvalue weighted by molar-refractivity contribution is -0.138. The minimum atomic E-state index is -0.796. The van der Waals surface area contributed by atoms with Gasteiger partial charge in [0.25, 0.3) is 0 Å². The Morgan fingerprint density at radius 3 is 2.29 bits per heavy atom. The maximum atomic E-state index is 12.5. The van der Waals surface area contributed by atoms with Crippen molar-refractivity contribution in [1.29, 1.82) is 0 Å². The third kappa shape index (κ3) is 5.58. The van der Waals surface area contributed by atoms with Crippen LogP contribution in [0.3, 0.4) is 0 Å². The van der Waals surface area contributed by atoms with Crippen LogP contribution >= 0.6 is 0 Å². The Bertz CT molecular complexity index is 1010. The van der Waals surface area contributed by atoms with Crippen molar-refractivity contribution in [2.75, 3.05) is 6.61 Å². The Balaban J connectivity index is 1.26. The van der Waals surface area contributed by atoms with Gasteiger partial charge in [-0.1, -0.05) is 55.5 Å². The molecule has 2 aromatic rings. The normalized spacial score (nSPS) is 19.7. The summed E-state index contributed by atoms with van der Waals surface area (Å²) in [7, 11) is 0. The zero-order valence-electron chi connectivity index (χ0n) is 19.5. The molecule has 2 aliphatic carbocycles. The number of amides is 2. The second kappa shape index (κ2) is 10.7. The van der Waals surface area contributed by atoms with Gasteiger partial charge in [0.05, 0.1) is 0 Å². The van der Waals surface area contributed by atoms with E-state index >= 15 is 0 Å². The molecule has 0 heterocycles. The number of hydrogen-bond acceptors (Lipinski definition) is 4. The molecular formula is C27H32N2O5. The lowest BCUT2D eigenvalue weighted by Crippen LogP contribution is -2.41. The molecule has 7 heteroatoms. The highest BCUT2D eigenvalue weighted by Crippen LogP contribution is 2.44. The molecule has 0 spiro atoms. The zero-order valence-corrected chi connectivity index (χ0v) is 19.5. The molecule has 180 valence electrons. The smallest absolute Gasteiger partial charge is 0.407 e. The van der Waals surface area contributed by atoms with E-state index in [-0.39, 0.29) is 49.3 Å². The van der Waals surface area contributed by atoms with Crippen LogP contribution in [0.1, 0.15) is 62.5 Å². The number of nitrogens with one attached hydrogen (secondary N) is 2. The molecule has 7 nitrogen and oxygen atoms in total. The van der Waals surface area contributed by atoms with E-state index in [2.05, 4.69) is 34.9 Å². The Kier molecular flexibility index (Phi) is 7.50. The van der Waals surface area contributed by atoms with Gasteiger partial charge in [0.15, 0.2) is 0 Å². The first kappa shape index (κ1) is 23.8. The fourth-order valence-electron chi connectivity index (χ4n) is 5.25. The van der Waals surface area contributed by atoms with Gasteiger partial charge in [0.2, 0.25) is 5.91 Å². The Morgan fingerprint density at radius 2 is 1.68 bits per heavy atom. The van der Waals surface area contributed by atoms with Crippen molar-refractivity contribution in [3.8, 4) is 11.1 Å². The number of alkyl carbamates (subject to hydrolysis) is 1. The molecular weight excluding hydrogens is 432 g/mol. The molecule has 2 amide bonds. The molecule has 1 fully saturated rings. The molecule has 0 bridgehead atoms. The third-order valence-electron chi connectivity index (χ3n) is 6.96. The monoisotopic (exact) mass is 464 g/mol. The quantitative estimate of drug-likeness (QED) is 0.508. The maximum Gasteiger partial charge on any atom is 0.407 e. The Morgan fingerprint density at radius 1 is 1.03 bits per heavy atom. The van der Waals surface area contributed by atoms with Crippen LogP contribution < -0.4 is 10.6 Å². The maximum absolute atomic E-state index is 12.5. The molecule has 4 rings (SSSR count). The van der Waals surface area contributed by atoms with Crippen molar-refractivity contribution in [3.05, 3.63) is 59.7 Å². The second-order valence-corrected chi connectivity index (χ2v) is 9.32. The molecule has 3 atom stereocenters. The minimum Gasteiger partial charge on any atom is -0.481 e. The summed E-state index contributed by atoms with van der Waals surface area (Å²) in [6.45, 7) is 2.15. The van der Waals surface area contributed by atoms with Gasteiger partial charge in [0, 0.05) is 30.8 Å². The van der Waals surface area contributed by atoms with Gasteiger partial charge < -0.3 is 20.5 Å². The van der Waals surface area contributed by atoms with E-state index in [4.69, 9.17) is 9.84 Å². The SMILES string of the molecule is CCC(CC(=O)N[C@@H]1CC[C@H](CC(=O)O)C1)NC(=O)OCC1c2ccccc2-c2ccccc21. The van der Waals surface area contributed by atoms with E-state index in [0.717, 1.165) is 24.0 Å². The highest BCUT2D eigenvalue weighted by molar-refractivity contribution is 5.79. The van der Waals surface area contributed by atoms with Crippen molar-refractivity contribution in [3.63, 3.8) is 0 Å². The first-order valence-corrected chi connectivity index (χ1v) is 12.1. The van der Waals surface area contributed by atoms with Gasteiger partial charge in [-0.05, 0) is 53.9 Å². The van der Waals surface area contributed by atoms with E-state index in [9.17, 15) is 14.4 Å². The first-order chi connectivity index (χ1) is 16.4. The largest absolute Gasteiger partial charge is 0.481 e. The Labute approximate surface area is 199 Å². The molecule has 0 saturated heterocycles. The fourth-order valence-corrected chi connectivity index (χ4v) is 5.25. The van der Waals surface area contributed by atoms with Crippen molar-refractivity contribution < 1.29 is 24.2 Å². The molecule has 1 saturated carbocycles. The number of carboxylic acids is 1. The summed E-state index contributed by atoms with van der Waals surface area (Å²) < 4.78 is 5.60. The first-order valence-electron chi connectivity index (χ1n) is 12.1. The second-order valence-electron chi connectivity index (χ2n) is 9.32. The van der Waals surface area contributed by atoms with Gasteiger partial charge >= 0.3 is 12.1 Å². The van der Waals surface area contributed by atoms with Crippen LogP contribution in [0.4, 0.5) is 4.79 Å². The number of fused-ring (bicyclic) bond motifs is 3. The molecule has 3 N–H and O–H groups in total. The molecule has 0 aromatic heterocycles. The average molecular weight is 465 g/mol. The summed E-state index contributed by atoms with van der Waals surface area (Å²) in [6, 6.07) is 16.0. The van der Waals surface area contributed by atoms with E-state index in [0.29, 0.717) is 12.8 Å². The number of ether oxygens (including phenoxy) is 1. The number of rotatable bonds is 9. The molecule has 34 heavy (non-hydrogen) atoms. The standard InChI is InChI=1S/C27H32N2O5/c1-2-18(15-25(30)28-19-12-11-17(13-19)14-26(31)32)29-27(33)34-16-24-22-9-5-3-7-20(22)21-8-4-6-10-23(21)24/h3-10,17-19,24H,2,11-16H2,1H3,(H,28,30)(H,29,33)(H,31,32)/t17-,18?,19+/m0/s1. The van der Waals surface area contributed by atoms with Crippen LogP contribution in [0.15, 0.2) is 48.5 Å². The third-order valence-corrected chi connectivity index (χ3v) is 6.96. The predicted octanol–water partition coefficient (Wildman–Crippen LogP) is 4.45. The summed E-state index contributed by atoms with van der Waals surface area (Å²) in [5.74, 6) is -0.826. The summed E-state index contributed by atoms with van der Waals surface area (Å²) in [5, 5.41) is 14.8. The highest BCUT2D eigenvalue weighted by atomic mass is 16.5. The van der Waals surface area contributed by atoms with Gasteiger partial charge in [-0.15, -0.1) is 0 Å². The molecule has 0 radical (unpaired) electrons. The summed E-state index contributed by atoms with van der Waals surface area (Å²) in [6.07, 6.45) is 2.68. The van der Waals surface area contributed by atoms with Crippen LogP contribution in [0.25, 0.3) is 11.1 Å².